The summed E-state index contributed by atoms with van der Waals surface area (Å²) in [7, 11) is 2.03. The van der Waals surface area contributed by atoms with Crippen molar-refractivity contribution in [1.29, 1.82) is 0 Å². The lowest BCUT2D eigenvalue weighted by Crippen LogP contribution is -2.28. The molecule has 2 aliphatic rings. The molecule has 2 fully saturated rings. The molecule has 0 aromatic carbocycles. The van der Waals surface area contributed by atoms with Crippen molar-refractivity contribution in [2.75, 3.05) is 6.54 Å². The first-order valence-corrected chi connectivity index (χ1v) is 8.50. The minimum atomic E-state index is 0.777. The molecule has 1 aromatic rings. The summed E-state index contributed by atoms with van der Waals surface area (Å²) in [6.45, 7) is 3.32. The molecule has 0 radical (unpaired) electrons. The molecule has 3 nitrogen and oxygen atoms in total. The zero-order valence-corrected chi connectivity index (χ0v) is 13.4. The van der Waals surface area contributed by atoms with Gasteiger partial charge in [0.25, 0.3) is 0 Å². The summed E-state index contributed by atoms with van der Waals surface area (Å²) in [6, 6.07) is 0.822. The lowest BCUT2D eigenvalue weighted by molar-refractivity contribution is 0.358. The molecule has 0 spiro atoms. The molecule has 1 N–H and O–H groups in total. The second-order valence-corrected chi connectivity index (χ2v) is 6.90. The molecule has 0 amide bonds. The van der Waals surface area contributed by atoms with E-state index in [0.717, 1.165) is 41.4 Å². The highest BCUT2D eigenvalue weighted by Gasteiger charge is 2.31. The van der Waals surface area contributed by atoms with Crippen molar-refractivity contribution in [1.82, 2.24) is 15.1 Å². The van der Waals surface area contributed by atoms with Crippen molar-refractivity contribution < 1.29 is 0 Å². The van der Waals surface area contributed by atoms with E-state index < -0.39 is 0 Å². The highest BCUT2D eigenvalue weighted by atomic mass is 35.5. The third-order valence-corrected chi connectivity index (χ3v) is 5.46. The molecular weight excluding hydrogens is 270 g/mol. The van der Waals surface area contributed by atoms with E-state index in [0.29, 0.717) is 0 Å². The van der Waals surface area contributed by atoms with Crippen molar-refractivity contribution >= 4 is 11.6 Å². The van der Waals surface area contributed by atoms with Crippen LogP contribution in [0.25, 0.3) is 0 Å². The van der Waals surface area contributed by atoms with Gasteiger partial charge in [-0.25, -0.2) is 0 Å². The van der Waals surface area contributed by atoms with Gasteiger partial charge in [0, 0.05) is 13.1 Å². The topological polar surface area (TPSA) is 29.9 Å². The standard InChI is InChI=1S/C16H26ClN3/c1-3-14-16(17)15(20(2)19-14)9-11-5-4-6-12(11)10-18-13-7-8-13/h11-13,18H,3-10H2,1-2H3. The highest BCUT2D eigenvalue weighted by Crippen LogP contribution is 2.36. The number of aromatic nitrogens is 2. The van der Waals surface area contributed by atoms with Crippen LogP contribution in [0.5, 0.6) is 0 Å². The lowest BCUT2D eigenvalue weighted by atomic mass is 9.91. The van der Waals surface area contributed by atoms with E-state index in [-0.39, 0.29) is 0 Å². The van der Waals surface area contributed by atoms with E-state index in [1.807, 2.05) is 11.7 Å². The molecule has 3 rings (SSSR count). The normalized spacial score (nSPS) is 26.4. The van der Waals surface area contributed by atoms with Gasteiger partial charge in [-0.1, -0.05) is 24.9 Å². The Hall–Kier alpha value is -0.540. The second kappa shape index (κ2) is 6.07. The van der Waals surface area contributed by atoms with E-state index in [1.54, 1.807) is 0 Å². The molecule has 1 heterocycles. The van der Waals surface area contributed by atoms with Gasteiger partial charge >= 0.3 is 0 Å². The molecule has 2 aliphatic carbocycles. The number of nitrogens with one attached hydrogen (secondary N) is 1. The molecule has 2 saturated carbocycles. The maximum atomic E-state index is 6.49. The summed E-state index contributed by atoms with van der Waals surface area (Å²) in [5.41, 5.74) is 2.29. The van der Waals surface area contributed by atoms with E-state index in [9.17, 15) is 0 Å². The van der Waals surface area contributed by atoms with E-state index in [2.05, 4.69) is 17.3 Å². The SMILES string of the molecule is CCc1nn(C)c(CC2CCCC2CNC2CC2)c1Cl. The quantitative estimate of drug-likeness (QED) is 0.872. The Morgan fingerprint density at radius 2 is 2.00 bits per heavy atom. The molecule has 2 atom stereocenters. The second-order valence-electron chi connectivity index (χ2n) is 6.52. The van der Waals surface area contributed by atoms with Crippen molar-refractivity contribution in [3.8, 4) is 0 Å². The number of rotatable bonds is 6. The Labute approximate surface area is 127 Å². The van der Waals surface area contributed by atoms with Gasteiger partial charge in [-0.3, -0.25) is 4.68 Å². The van der Waals surface area contributed by atoms with Crippen LogP contribution in [0.2, 0.25) is 5.02 Å². The van der Waals surface area contributed by atoms with Gasteiger partial charge in [0.2, 0.25) is 0 Å². The summed E-state index contributed by atoms with van der Waals surface area (Å²) in [5, 5.41) is 9.17. The molecule has 0 saturated heterocycles. The van der Waals surface area contributed by atoms with Gasteiger partial charge in [0.05, 0.1) is 16.4 Å². The summed E-state index contributed by atoms with van der Waals surface area (Å²) in [4.78, 5) is 0. The first-order valence-electron chi connectivity index (χ1n) is 8.12. The smallest absolute Gasteiger partial charge is 0.0849 e. The van der Waals surface area contributed by atoms with E-state index in [1.165, 1.54) is 44.3 Å². The Bertz CT molecular complexity index is 465. The Balaban J connectivity index is 1.64. The van der Waals surface area contributed by atoms with Gasteiger partial charge < -0.3 is 5.32 Å². The summed E-state index contributed by atoms with van der Waals surface area (Å²) in [6.07, 6.45) is 8.87. The number of nitrogens with zero attached hydrogens (tertiary/aromatic N) is 2. The fourth-order valence-corrected chi connectivity index (χ4v) is 3.92. The number of halogens is 1. The van der Waals surface area contributed by atoms with E-state index in [4.69, 9.17) is 11.6 Å². The third-order valence-electron chi connectivity index (χ3n) is 5.02. The van der Waals surface area contributed by atoms with Crippen molar-refractivity contribution in [3.05, 3.63) is 16.4 Å². The molecule has 20 heavy (non-hydrogen) atoms. The van der Waals surface area contributed by atoms with Gasteiger partial charge in [-0.05, 0) is 56.9 Å². The molecule has 4 heteroatoms. The van der Waals surface area contributed by atoms with Crippen LogP contribution in [0.3, 0.4) is 0 Å². The Kier molecular flexibility index (Phi) is 4.37. The van der Waals surface area contributed by atoms with Crippen LogP contribution in [0, 0.1) is 11.8 Å². The maximum absolute atomic E-state index is 6.49. The average Bonchev–Trinajstić information content (AvgIpc) is 3.11. The number of aryl methyl sites for hydroxylation is 2. The number of hydrogen-bond donors (Lipinski definition) is 1. The van der Waals surface area contributed by atoms with Gasteiger partial charge in [-0.15, -0.1) is 0 Å². The molecule has 1 aromatic heterocycles. The highest BCUT2D eigenvalue weighted by molar-refractivity contribution is 6.31. The average molecular weight is 296 g/mol. The minimum absolute atomic E-state index is 0.777. The zero-order valence-electron chi connectivity index (χ0n) is 12.7. The molecular formula is C16H26ClN3. The molecule has 0 aliphatic heterocycles. The van der Waals surface area contributed by atoms with E-state index >= 15 is 0 Å². The van der Waals surface area contributed by atoms with Crippen LogP contribution in [-0.4, -0.2) is 22.4 Å². The van der Waals surface area contributed by atoms with Crippen molar-refractivity contribution in [2.45, 2.75) is 57.9 Å². The van der Waals surface area contributed by atoms with Crippen molar-refractivity contribution in [3.63, 3.8) is 0 Å². The Morgan fingerprint density at radius 3 is 2.65 bits per heavy atom. The van der Waals surface area contributed by atoms with Gasteiger partial charge in [0.15, 0.2) is 0 Å². The predicted molar refractivity (Wildman–Crippen MR) is 83.2 cm³/mol. The molecule has 2 unspecified atom stereocenters. The van der Waals surface area contributed by atoms with Crippen molar-refractivity contribution in [2.24, 2.45) is 18.9 Å². The fraction of sp³-hybridized carbons (Fsp3) is 0.812. The van der Waals surface area contributed by atoms with Crippen LogP contribution in [0.4, 0.5) is 0 Å². The minimum Gasteiger partial charge on any atom is -0.314 e. The van der Waals surface area contributed by atoms with Gasteiger partial charge in [0.1, 0.15) is 0 Å². The first kappa shape index (κ1) is 14.4. The zero-order chi connectivity index (χ0) is 14.1. The van der Waals surface area contributed by atoms with Crippen LogP contribution >= 0.6 is 11.6 Å². The van der Waals surface area contributed by atoms with Crippen LogP contribution < -0.4 is 5.32 Å². The van der Waals surface area contributed by atoms with Crippen LogP contribution in [-0.2, 0) is 19.9 Å². The maximum Gasteiger partial charge on any atom is 0.0849 e. The third kappa shape index (κ3) is 3.04. The summed E-state index contributed by atoms with van der Waals surface area (Å²) in [5.74, 6) is 1.60. The monoisotopic (exact) mass is 295 g/mol. The number of hydrogen-bond acceptors (Lipinski definition) is 2. The summed E-state index contributed by atoms with van der Waals surface area (Å²) < 4.78 is 2.00. The predicted octanol–water partition coefficient (Wildman–Crippen LogP) is 3.35. The largest absolute Gasteiger partial charge is 0.314 e. The first-order chi connectivity index (χ1) is 9.69. The van der Waals surface area contributed by atoms with Gasteiger partial charge in [-0.2, -0.15) is 5.10 Å². The Morgan fingerprint density at radius 1 is 1.25 bits per heavy atom. The fourth-order valence-electron chi connectivity index (χ4n) is 3.55. The molecule has 112 valence electrons. The lowest BCUT2D eigenvalue weighted by Gasteiger charge is -2.20. The summed E-state index contributed by atoms with van der Waals surface area (Å²) >= 11 is 6.49. The molecule has 0 bridgehead atoms. The van der Waals surface area contributed by atoms with Crippen LogP contribution in [0.15, 0.2) is 0 Å². The van der Waals surface area contributed by atoms with Crippen LogP contribution in [0.1, 0.15) is 50.4 Å².